The molecular formula is C17H23N5O2. The number of aromatic nitrogens is 4. The molecule has 1 fully saturated rings. The van der Waals surface area contributed by atoms with Gasteiger partial charge in [-0.3, -0.25) is 4.79 Å². The van der Waals surface area contributed by atoms with Crippen molar-refractivity contribution in [3.63, 3.8) is 0 Å². The summed E-state index contributed by atoms with van der Waals surface area (Å²) in [6.45, 7) is 0.349. The van der Waals surface area contributed by atoms with Crippen molar-refractivity contribution < 1.29 is 9.53 Å². The van der Waals surface area contributed by atoms with E-state index in [-0.39, 0.29) is 19.1 Å². The molecular weight excluding hydrogens is 306 g/mol. The molecule has 1 aromatic heterocycles. The van der Waals surface area contributed by atoms with Crippen molar-refractivity contribution in [2.45, 2.75) is 51.3 Å². The van der Waals surface area contributed by atoms with Gasteiger partial charge in [0.15, 0.2) is 6.61 Å². The van der Waals surface area contributed by atoms with Gasteiger partial charge in [0.25, 0.3) is 0 Å². The molecule has 0 saturated heterocycles. The van der Waals surface area contributed by atoms with Crippen LogP contribution in [0.15, 0.2) is 30.3 Å². The van der Waals surface area contributed by atoms with Gasteiger partial charge in [0, 0.05) is 13.1 Å². The number of para-hydroxylation sites is 1. The first-order valence-electron chi connectivity index (χ1n) is 8.42. The Kier molecular flexibility index (Phi) is 5.40. The molecule has 3 rings (SSSR count). The van der Waals surface area contributed by atoms with E-state index in [1.54, 1.807) is 0 Å². The molecule has 0 bridgehead atoms. The number of nitrogens with zero attached hydrogens (tertiary/aromatic N) is 5. The zero-order valence-electron chi connectivity index (χ0n) is 14.0. The molecule has 0 aliphatic heterocycles. The van der Waals surface area contributed by atoms with E-state index in [9.17, 15) is 4.79 Å². The van der Waals surface area contributed by atoms with Crippen LogP contribution in [0.5, 0.6) is 5.75 Å². The summed E-state index contributed by atoms with van der Waals surface area (Å²) in [4.78, 5) is 15.5. The minimum atomic E-state index is 0.0230. The third kappa shape index (κ3) is 4.31. The molecule has 2 aromatic rings. The number of tetrazole rings is 1. The highest BCUT2D eigenvalue weighted by molar-refractivity contribution is 5.75. The average molecular weight is 329 g/mol. The molecule has 1 aliphatic carbocycles. The molecule has 1 heterocycles. The molecule has 24 heavy (non-hydrogen) atoms. The zero-order chi connectivity index (χ0) is 16.8. The second kappa shape index (κ2) is 7.90. The zero-order valence-corrected chi connectivity index (χ0v) is 14.0. The third-order valence-corrected chi connectivity index (χ3v) is 4.40. The number of benzene rings is 1. The molecule has 1 aliphatic rings. The number of hydrogen-bond donors (Lipinski definition) is 0. The Morgan fingerprint density at radius 3 is 2.75 bits per heavy atom. The van der Waals surface area contributed by atoms with Crippen LogP contribution >= 0.6 is 0 Å². The van der Waals surface area contributed by atoms with Crippen LogP contribution in [0.1, 0.15) is 37.9 Å². The highest BCUT2D eigenvalue weighted by Crippen LogP contribution is 2.21. The van der Waals surface area contributed by atoms with Gasteiger partial charge in [-0.1, -0.05) is 37.5 Å². The Morgan fingerprint density at radius 1 is 1.25 bits per heavy atom. The SMILES string of the molecule is CN(C(=O)Cn1nnc(COc2ccccc2)n1)C1CCCCC1. The third-order valence-electron chi connectivity index (χ3n) is 4.40. The van der Waals surface area contributed by atoms with Crippen LogP contribution in [-0.4, -0.2) is 44.1 Å². The molecule has 128 valence electrons. The van der Waals surface area contributed by atoms with Crippen LogP contribution in [-0.2, 0) is 17.9 Å². The van der Waals surface area contributed by atoms with Crippen molar-refractivity contribution in [2.75, 3.05) is 7.05 Å². The fourth-order valence-electron chi connectivity index (χ4n) is 2.97. The Morgan fingerprint density at radius 2 is 2.00 bits per heavy atom. The highest BCUT2D eigenvalue weighted by atomic mass is 16.5. The Hall–Kier alpha value is -2.44. The van der Waals surface area contributed by atoms with E-state index in [0.717, 1.165) is 18.6 Å². The summed E-state index contributed by atoms with van der Waals surface area (Å²) in [7, 11) is 1.87. The molecule has 0 atom stereocenters. The molecule has 1 amide bonds. The normalized spacial score (nSPS) is 15.2. The predicted molar refractivity (Wildman–Crippen MR) is 88.2 cm³/mol. The van der Waals surface area contributed by atoms with Gasteiger partial charge in [-0.15, -0.1) is 10.2 Å². The number of amides is 1. The van der Waals surface area contributed by atoms with Crippen molar-refractivity contribution in [2.24, 2.45) is 0 Å². The summed E-state index contributed by atoms with van der Waals surface area (Å²) in [5.41, 5.74) is 0. The van der Waals surface area contributed by atoms with E-state index >= 15 is 0 Å². The first-order valence-corrected chi connectivity index (χ1v) is 8.42. The van der Waals surface area contributed by atoms with Crippen molar-refractivity contribution in [1.29, 1.82) is 0 Å². The molecule has 7 nitrogen and oxygen atoms in total. The fourth-order valence-corrected chi connectivity index (χ4v) is 2.97. The van der Waals surface area contributed by atoms with Gasteiger partial charge in [-0.05, 0) is 30.2 Å². The first-order chi connectivity index (χ1) is 11.7. The summed E-state index contributed by atoms with van der Waals surface area (Å²) in [5.74, 6) is 1.24. The quantitative estimate of drug-likeness (QED) is 0.811. The topological polar surface area (TPSA) is 73.1 Å². The van der Waals surface area contributed by atoms with Crippen LogP contribution in [0.3, 0.4) is 0 Å². The molecule has 1 aromatic carbocycles. The molecule has 7 heteroatoms. The standard InChI is InChI=1S/C17H23N5O2/c1-21(14-8-4-2-5-9-14)17(23)12-22-19-16(18-20-22)13-24-15-10-6-3-7-11-15/h3,6-7,10-11,14H,2,4-5,8-9,12-13H2,1H3. The maximum absolute atomic E-state index is 12.4. The smallest absolute Gasteiger partial charge is 0.246 e. The summed E-state index contributed by atoms with van der Waals surface area (Å²) in [5, 5.41) is 12.1. The minimum Gasteiger partial charge on any atom is -0.485 e. The number of likely N-dealkylation sites (N-methyl/N-ethyl adjacent to an activating group) is 1. The molecule has 0 radical (unpaired) electrons. The van der Waals surface area contributed by atoms with E-state index in [1.807, 2.05) is 42.3 Å². The predicted octanol–water partition coefficient (Wildman–Crippen LogP) is 2.04. The number of rotatable bonds is 6. The number of carbonyl (C=O) groups excluding carboxylic acids is 1. The minimum absolute atomic E-state index is 0.0230. The second-order valence-electron chi connectivity index (χ2n) is 6.13. The summed E-state index contributed by atoms with van der Waals surface area (Å²) < 4.78 is 5.58. The molecule has 0 N–H and O–H groups in total. The van der Waals surface area contributed by atoms with Gasteiger partial charge in [0.1, 0.15) is 12.3 Å². The van der Waals surface area contributed by atoms with Crippen LogP contribution in [0.2, 0.25) is 0 Å². The van der Waals surface area contributed by atoms with Crippen LogP contribution in [0.4, 0.5) is 0 Å². The number of hydrogen-bond acceptors (Lipinski definition) is 5. The highest BCUT2D eigenvalue weighted by Gasteiger charge is 2.22. The lowest BCUT2D eigenvalue weighted by Gasteiger charge is -2.31. The lowest BCUT2D eigenvalue weighted by atomic mass is 9.94. The van der Waals surface area contributed by atoms with Crippen molar-refractivity contribution >= 4 is 5.91 Å². The maximum atomic E-state index is 12.4. The van der Waals surface area contributed by atoms with Crippen LogP contribution < -0.4 is 4.74 Å². The van der Waals surface area contributed by atoms with Gasteiger partial charge in [-0.2, -0.15) is 4.80 Å². The van der Waals surface area contributed by atoms with Crippen molar-refractivity contribution in [1.82, 2.24) is 25.1 Å². The Bertz CT molecular complexity index is 652. The van der Waals surface area contributed by atoms with Gasteiger partial charge in [-0.25, -0.2) is 0 Å². The van der Waals surface area contributed by atoms with Gasteiger partial charge >= 0.3 is 0 Å². The first kappa shape index (κ1) is 16.4. The van der Waals surface area contributed by atoms with E-state index in [2.05, 4.69) is 15.4 Å². The molecule has 1 saturated carbocycles. The molecule has 0 unspecified atom stereocenters. The van der Waals surface area contributed by atoms with Crippen molar-refractivity contribution in [3.05, 3.63) is 36.2 Å². The van der Waals surface area contributed by atoms with Gasteiger partial charge < -0.3 is 9.64 Å². The van der Waals surface area contributed by atoms with E-state index in [1.165, 1.54) is 24.1 Å². The fraction of sp³-hybridized carbons (Fsp3) is 0.529. The van der Waals surface area contributed by atoms with Crippen molar-refractivity contribution in [3.8, 4) is 5.75 Å². The van der Waals surface area contributed by atoms with Crippen LogP contribution in [0, 0.1) is 0 Å². The van der Waals surface area contributed by atoms with Gasteiger partial charge in [0.2, 0.25) is 11.7 Å². The summed E-state index contributed by atoms with van der Waals surface area (Å²) >= 11 is 0. The maximum Gasteiger partial charge on any atom is 0.246 e. The van der Waals surface area contributed by atoms with E-state index in [4.69, 9.17) is 4.74 Å². The number of carbonyl (C=O) groups is 1. The summed E-state index contributed by atoms with van der Waals surface area (Å²) in [6.07, 6.45) is 5.84. The monoisotopic (exact) mass is 329 g/mol. The average Bonchev–Trinajstić information content (AvgIpc) is 3.08. The van der Waals surface area contributed by atoms with Crippen LogP contribution in [0.25, 0.3) is 0 Å². The van der Waals surface area contributed by atoms with E-state index in [0.29, 0.717) is 11.9 Å². The Labute approximate surface area is 141 Å². The molecule has 0 spiro atoms. The largest absolute Gasteiger partial charge is 0.485 e. The van der Waals surface area contributed by atoms with Gasteiger partial charge in [0.05, 0.1) is 0 Å². The lowest BCUT2D eigenvalue weighted by Crippen LogP contribution is -2.40. The lowest BCUT2D eigenvalue weighted by molar-refractivity contribution is -0.133. The Balaban J connectivity index is 1.50. The number of ether oxygens (including phenoxy) is 1. The van der Waals surface area contributed by atoms with E-state index < -0.39 is 0 Å². The second-order valence-corrected chi connectivity index (χ2v) is 6.13. The summed E-state index contributed by atoms with van der Waals surface area (Å²) in [6, 6.07) is 9.81.